The number of hydrogen-bond donors (Lipinski definition) is 1. The molecule has 1 atom stereocenters. The third kappa shape index (κ3) is 2.61. The Balaban J connectivity index is 1.63. The number of amides is 2. The van der Waals surface area contributed by atoms with Crippen LogP contribution in [-0.2, 0) is 4.79 Å². The summed E-state index contributed by atoms with van der Waals surface area (Å²) in [7, 11) is 0. The maximum Gasteiger partial charge on any atom is 0.269 e. The van der Waals surface area contributed by atoms with Crippen LogP contribution in [0.2, 0.25) is 5.02 Å². The van der Waals surface area contributed by atoms with Crippen LogP contribution in [-0.4, -0.2) is 16.8 Å². The molecule has 1 N–H and O–H groups in total. The van der Waals surface area contributed by atoms with Crippen LogP contribution in [0.25, 0.3) is 0 Å². The molecule has 2 aromatic carbocycles. The van der Waals surface area contributed by atoms with Gasteiger partial charge in [-0.2, -0.15) is 0 Å². The summed E-state index contributed by atoms with van der Waals surface area (Å²) in [6, 6.07) is 16.4. The zero-order valence-electron chi connectivity index (χ0n) is 13.7. The highest BCUT2D eigenvalue weighted by atomic mass is 35.5. The van der Waals surface area contributed by atoms with E-state index in [1.54, 1.807) is 12.1 Å². The van der Waals surface area contributed by atoms with Crippen molar-refractivity contribution >= 4 is 23.4 Å². The van der Waals surface area contributed by atoms with Crippen molar-refractivity contribution in [2.75, 3.05) is 0 Å². The number of hydrazine groups is 1. The van der Waals surface area contributed by atoms with Crippen molar-refractivity contribution in [3.8, 4) is 0 Å². The molecule has 0 aromatic heterocycles. The van der Waals surface area contributed by atoms with Crippen LogP contribution >= 0.6 is 11.6 Å². The minimum Gasteiger partial charge on any atom is -0.272 e. The smallest absolute Gasteiger partial charge is 0.269 e. The van der Waals surface area contributed by atoms with Crippen LogP contribution < -0.4 is 5.43 Å². The minimum absolute atomic E-state index is 0.0224. The van der Waals surface area contributed by atoms with Gasteiger partial charge in [0.05, 0.1) is 11.5 Å². The van der Waals surface area contributed by atoms with Gasteiger partial charge >= 0.3 is 0 Å². The van der Waals surface area contributed by atoms with E-state index in [1.165, 1.54) is 5.01 Å². The molecule has 4 rings (SSSR count). The second kappa shape index (κ2) is 6.19. The molecule has 1 aliphatic heterocycles. The Bertz CT molecular complexity index is 798. The van der Waals surface area contributed by atoms with Crippen LogP contribution in [0.15, 0.2) is 54.6 Å². The van der Waals surface area contributed by atoms with E-state index >= 15 is 0 Å². The SMILES string of the molecule is O=C(NN1C(=O)C2(CCCC2)C1c1ccc(Cl)cc1)c1ccccc1. The number of nitrogens with zero attached hydrogens (tertiary/aromatic N) is 1. The number of benzene rings is 2. The lowest BCUT2D eigenvalue weighted by molar-refractivity contribution is -0.178. The molecular formula is C20H19ClN2O2. The minimum atomic E-state index is -0.377. The van der Waals surface area contributed by atoms with Crippen LogP contribution in [0, 0.1) is 5.41 Å². The van der Waals surface area contributed by atoms with Gasteiger partial charge in [-0.15, -0.1) is 0 Å². The molecule has 25 heavy (non-hydrogen) atoms. The highest BCUT2D eigenvalue weighted by molar-refractivity contribution is 6.30. The molecule has 128 valence electrons. The molecule has 5 heteroatoms. The van der Waals surface area contributed by atoms with Crippen molar-refractivity contribution in [3.05, 3.63) is 70.7 Å². The highest BCUT2D eigenvalue weighted by Gasteiger charge is 2.62. The molecule has 0 radical (unpaired) electrons. The summed E-state index contributed by atoms with van der Waals surface area (Å²) in [5.74, 6) is -0.241. The highest BCUT2D eigenvalue weighted by Crippen LogP contribution is 2.58. The summed E-state index contributed by atoms with van der Waals surface area (Å²) in [4.78, 5) is 25.4. The van der Waals surface area contributed by atoms with Gasteiger partial charge < -0.3 is 0 Å². The molecule has 2 aromatic rings. The fraction of sp³-hybridized carbons (Fsp3) is 0.300. The average Bonchev–Trinajstić information content (AvgIpc) is 3.15. The molecular weight excluding hydrogens is 336 g/mol. The van der Waals surface area contributed by atoms with Crippen molar-refractivity contribution in [2.45, 2.75) is 31.7 Å². The lowest BCUT2D eigenvalue weighted by Crippen LogP contribution is -2.67. The summed E-state index contributed by atoms with van der Waals surface area (Å²) < 4.78 is 0. The maximum absolute atomic E-state index is 12.9. The molecule has 1 spiro atoms. The standard InChI is InChI=1S/C20H19ClN2O2/c21-16-10-8-14(9-11-16)17-20(12-4-5-13-20)19(25)23(17)22-18(24)15-6-2-1-3-7-15/h1-3,6-11,17H,4-5,12-13H2,(H,22,24). The molecule has 2 aliphatic rings. The van der Waals surface area contributed by atoms with Gasteiger partial charge in [0.25, 0.3) is 5.91 Å². The van der Waals surface area contributed by atoms with Crippen LogP contribution in [0.3, 0.4) is 0 Å². The zero-order chi connectivity index (χ0) is 17.4. The fourth-order valence-corrected chi connectivity index (χ4v) is 4.27. The summed E-state index contributed by atoms with van der Waals surface area (Å²) in [5, 5.41) is 2.17. The molecule has 2 amide bonds. The first-order valence-corrected chi connectivity index (χ1v) is 8.95. The average molecular weight is 355 g/mol. The van der Waals surface area contributed by atoms with E-state index in [1.807, 2.05) is 42.5 Å². The number of halogens is 1. The third-order valence-corrected chi connectivity index (χ3v) is 5.62. The molecule has 4 nitrogen and oxygen atoms in total. The Hall–Kier alpha value is -2.33. The van der Waals surface area contributed by atoms with Gasteiger partial charge in [-0.3, -0.25) is 15.0 Å². The van der Waals surface area contributed by atoms with Crippen molar-refractivity contribution in [1.82, 2.24) is 10.4 Å². The van der Waals surface area contributed by atoms with E-state index in [4.69, 9.17) is 11.6 Å². The normalized spacial score (nSPS) is 21.2. The van der Waals surface area contributed by atoms with Gasteiger partial charge in [-0.25, -0.2) is 5.01 Å². The molecule has 1 heterocycles. The summed E-state index contributed by atoms with van der Waals surface area (Å²) in [6.45, 7) is 0. The van der Waals surface area contributed by atoms with Crippen molar-refractivity contribution in [3.63, 3.8) is 0 Å². The first-order chi connectivity index (χ1) is 12.1. The monoisotopic (exact) mass is 354 g/mol. The fourth-order valence-electron chi connectivity index (χ4n) is 4.14. The van der Waals surface area contributed by atoms with Gasteiger partial charge in [0.1, 0.15) is 0 Å². The van der Waals surface area contributed by atoms with Gasteiger partial charge in [-0.1, -0.05) is 54.8 Å². The van der Waals surface area contributed by atoms with E-state index in [2.05, 4.69) is 5.43 Å². The predicted octanol–water partition coefficient (Wildman–Crippen LogP) is 4.13. The Kier molecular flexibility index (Phi) is 4.00. The predicted molar refractivity (Wildman–Crippen MR) is 95.8 cm³/mol. The summed E-state index contributed by atoms with van der Waals surface area (Å²) >= 11 is 6.01. The summed E-state index contributed by atoms with van der Waals surface area (Å²) in [5.41, 5.74) is 3.98. The van der Waals surface area contributed by atoms with Gasteiger partial charge in [0.2, 0.25) is 5.91 Å². The van der Waals surface area contributed by atoms with Gasteiger partial charge in [-0.05, 0) is 42.7 Å². The molecule has 1 saturated heterocycles. The maximum atomic E-state index is 12.9. The second-order valence-corrected chi connectivity index (χ2v) is 7.24. The first kappa shape index (κ1) is 16.2. The van der Waals surface area contributed by atoms with E-state index in [9.17, 15) is 9.59 Å². The second-order valence-electron chi connectivity index (χ2n) is 6.80. The number of rotatable bonds is 3. The number of β-lactam (4-membered cyclic amide) rings is 1. The molecule has 1 unspecified atom stereocenters. The Morgan fingerprint density at radius 1 is 1.04 bits per heavy atom. The lowest BCUT2D eigenvalue weighted by Gasteiger charge is -2.54. The molecule has 1 saturated carbocycles. The topological polar surface area (TPSA) is 49.4 Å². The van der Waals surface area contributed by atoms with Gasteiger partial charge in [0, 0.05) is 10.6 Å². The number of carbonyl (C=O) groups excluding carboxylic acids is 2. The van der Waals surface area contributed by atoms with E-state index in [0.717, 1.165) is 31.2 Å². The van der Waals surface area contributed by atoms with Crippen LogP contribution in [0.4, 0.5) is 0 Å². The van der Waals surface area contributed by atoms with Crippen LogP contribution in [0.5, 0.6) is 0 Å². The number of hydrogen-bond acceptors (Lipinski definition) is 2. The third-order valence-electron chi connectivity index (χ3n) is 5.37. The van der Waals surface area contributed by atoms with Crippen LogP contribution in [0.1, 0.15) is 47.6 Å². The van der Waals surface area contributed by atoms with E-state index in [0.29, 0.717) is 10.6 Å². The molecule has 0 bridgehead atoms. The quantitative estimate of drug-likeness (QED) is 0.842. The lowest BCUT2D eigenvalue weighted by atomic mass is 9.67. The molecule has 2 fully saturated rings. The number of carbonyl (C=O) groups is 2. The zero-order valence-corrected chi connectivity index (χ0v) is 14.5. The largest absolute Gasteiger partial charge is 0.272 e. The van der Waals surface area contributed by atoms with E-state index in [-0.39, 0.29) is 23.3 Å². The summed E-state index contributed by atoms with van der Waals surface area (Å²) in [6.07, 6.45) is 3.85. The number of nitrogens with one attached hydrogen (secondary N) is 1. The Morgan fingerprint density at radius 2 is 1.68 bits per heavy atom. The molecule has 1 aliphatic carbocycles. The van der Waals surface area contributed by atoms with Gasteiger partial charge in [0.15, 0.2) is 0 Å². The Morgan fingerprint density at radius 3 is 2.32 bits per heavy atom. The van der Waals surface area contributed by atoms with Crippen molar-refractivity contribution in [2.24, 2.45) is 5.41 Å². The first-order valence-electron chi connectivity index (χ1n) is 8.57. The van der Waals surface area contributed by atoms with E-state index < -0.39 is 0 Å². The van der Waals surface area contributed by atoms with Crippen molar-refractivity contribution < 1.29 is 9.59 Å². The Labute approximate surface area is 151 Å². The van der Waals surface area contributed by atoms with Crippen molar-refractivity contribution in [1.29, 1.82) is 0 Å².